The number of hydrogen-bond acceptors (Lipinski definition) is 3. The summed E-state index contributed by atoms with van der Waals surface area (Å²) >= 11 is 0. The summed E-state index contributed by atoms with van der Waals surface area (Å²) in [7, 11) is 0. The Hall–Kier alpha value is -3.47. The molecule has 0 unspecified atom stereocenters. The molecule has 0 atom stereocenters. The molecule has 0 fully saturated rings. The number of carbonyl (C=O) groups is 1. The van der Waals surface area contributed by atoms with Crippen LogP contribution in [0.5, 0.6) is 0 Å². The van der Waals surface area contributed by atoms with Crippen LogP contribution in [0, 0.1) is 10.1 Å². The Balaban J connectivity index is 1.76. The van der Waals surface area contributed by atoms with Gasteiger partial charge in [-0.1, -0.05) is 54.6 Å². The van der Waals surface area contributed by atoms with Gasteiger partial charge in [-0.05, 0) is 29.2 Å². The summed E-state index contributed by atoms with van der Waals surface area (Å²) in [5, 5.41) is 11.1. The number of nitrogens with zero attached hydrogens (tertiary/aromatic N) is 2. The lowest BCUT2D eigenvalue weighted by atomic mass is 9.99. The van der Waals surface area contributed by atoms with E-state index in [0.717, 1.165) is 16.7 Å². The van der Waals surface area contributed by atoms with Crippen LogP contribution < -0.4 is 4.90 Å². The highest BCUT2D eigenvalue weighted by Crippen LogP contribution is 2.34. The van der Waals surface area contributed by atoms with Gasteiger partial charge in [0.15, 0.2) is 0 Å². The van der Waals surface area contributed by atoms with E-state index in [1.807, 2.05) is 48.5 Å². The predicted octanol–water partition coefficient (Wildman–Crippen LogP) is 4.46. The van der Waals surface area contributed by atoms with Crippen molar-refractivity contribution < 1.29 is 9.72 Å². The SMILES string of the molecule is O=C(c1ccccc1-c1ccccc1)N1CCc2ccc([N+](=O)[O-])cc21. The van der Waals surface area contributed by atoms with Crippen molar-refractivity contribution in [3.63, 3.8) is 0 Å². The van der Waals surface area contributed by atoms with Crippen molar-refractivity contribution in [2.45, 2.75) is 6.42 Å². The van der Waals surface area contributed by atoms with E-state index in [1.54, 1.807) is 17.0 Å². The summed E-state index contributed by atoms with van der Waals surface area (Å²) in [6, 6.07) is 21.9. The van der Waals surface area contributed by atoms with E-state index >= 15 is 0 Å². The Morgan fingerprint density at radius 2 is 1.69 bits per heavy atom. The van der Waals surface area contributed by atoms with E-state index in [-0.39, 0.29) is 11.6 Å². The molecule has 0 aliphatic carbocycles. The first-order valence-corrected chi connectivity index (χ1v) is 8.39. The van der Waals surface area contributed by atoms with Crippen LogP contribution in [0.2, 0.25) is 0 Å². The number of nitro benzene ring substituents is 1. The number of hydrogen-bond donors (Lipinski definition) is 0. The van der Waals surface area contributed by atoms with Crippen LogP contribution in [0.1, 0.15) is 15.9 Å². The second kappa shape index (κ2) is 6.44. The van der Waals surface area contributed by atoms with E-state index in [1.165, 1.54) is 12.1 Å². The smallest absolute Gasteiger partial charge is 0.271 e. The van der Waals surface area contributed by atoms with Gasteiger partial charge in [0.05, 0.1) is 10.6 Å². The van der Waals surface area contributed by atoms with Gasteiger partial charge in [-0.3, -0.25) is 14.9 Å². The Labute approximate surface area is 150 Å². The average molecular weight is 344 g/mol. The summed E-state index contributed by atoms with van der Waals surface area (Å²) < 4.78 is 0. The largest absolute Gasteiger partial charge is 0.307 e. The minimum atomic E-state index is -0.431. The summed E-state index contributed by atoms with van der Waals surface area (Å²) in [6.07, 6.45) is 0.701. The Morgan fingerprint density at radius 3 is 2.46 bits per heavy atom. The normalized spacial score (nSPS) is 12.7. The molecule has 4 rings (SSSR count). The maximum absolute atomic E-state index is 13.2. The van der Waals surface area contributed by atoms with Gasteiger partial charge < -0.3 is 4.90 Å². The maximum atomic E-state index is 13.2. The third kappa shape index (κ3) is 2.73. The molecular formula is C21H16N2O3. The molecule has 0 saturated heterocycles. The van der Waals surface area contributed by atoms with Crippen LogP contribution in [-0.4, -0.2) is 17.4 Å². The fourth-order valence-electron chi connectivity index (χ4n) is 3.38. The fourth-order valence-corrected chi connectivity index (χ4v) is 3.38. The first-order chi connectivity index (χ1) is 12.6. The lowest BCUT2D eigenvalue weighted by Crippen LogP contribution is -2.29. The Kier molecular flexibility index (Phi) is 3.97. The molecule has 1 aliphatic heterocycles. The number of non-ortho nitro benzene ring substituents is 1. The lowest BCUT2D eigenvalue weighted by molar-refractivity contribution is -0.384. The number of rotatable bonds is 3. The lowest BCUT2D eigenvalue weighted by Gasteiger charge is -2.19. The molecule has 3 aromatic carbocycles. The zero-order valence-electron chi connectivity index (χ0n) is 14.0. The van der Waals surface area contributed by atoms with Gasteiger partial charge in [-0.2, -0.15) is 0 Å². The van der Waals surface area contributed by atoms with E-state index in [9.17, 15) is 14.9 Å². The number of nitro groups is 1. The van der Waals surface area contributed by atoms with Crippen LogP contribution in [0.4, 0.5) is 11.4 Å². The van der Waals surface area contributed by atoms with E-state index in [2.05, 4.69) is 0 Å². The Morgan fingerprint density at radius 1 is 0.962 bits per heavy atom. The van der Waals surface area contributed by atoms with E-state index in [4.69, 9.17) is 0 Å². The van der Waals surface area contributed by atoms with Gasteiger partial charge >= 0.3 is 0 Å². The highest BCUT2D eigenvalue weighted by molar-refractivity contribution is 6.11. The first kappa shape index (κ1) is 16.0. The minimum Gasteiger partial charge on any atom is -0.307 e. The van der Waals surface area contributed by atoms with E-state index in [0.29, 0.717) is 24.2 Å². The first-order valence-electron chi connectivity index (χ1n) is 8.39. The molecule has 5 heteroatoms. The van der Waals surface area contributed by atoms with Crippen LogP contribution in [0.15, 0.2) is 72.8 Å². The fraction of sp³-hybridized carbons (Fsp3) is 0.0952. The molecule has 1 heterocycles. The predicted molar refractivity (Wildman–Crippen MR) is 100 cm³/mol. The number of carbonyl (C=O) groups excluding carboxylic acids is 1. The monoisotopic (exact) mass is 344 g/mol. The van der Waals surface area contributed by atoms with Crippen LogP contribution in [-0.2, 0) is 6.42 Å². The van der Waals surface area contributed by atoms with Crippen molar-refractivity contribution in [1.29, 1.82) is 0 Å². The molecule has 0 N–H and O–H groups in total. The highest BCUT2D eigenvalue weighted by Gasteiger charge is 2.28. The molecule has 0 spiro atoms. The number of fused-ring (bicyclic) bond motifs is 1. The molecule has 0 aromatic heterocycles. The van der Waals surface area contributed by atoms with Gasteiger partial charge in [0, 0.05) is 24.2 Å². The van der Waals surface area contributed by atoms with Gasteiger partial charge in [0.1, 0.15) is 0 Å². The zero-order valence-corrected chi connectivity index (χ0v) is 14.0. The average Bonchev–Trinajstić information content (AvgIpc) is 3.11. The minimum absolute atomic E-state index is 0.000190. The summed E-state index contributed by atoms with van der Waals surface area (Å²) in [4.78, 5) is 25.5. The van der Waals surface area contributed by atoms with Gasteiger partial charge in [0.25, 0.3) is 11.6 Å². The number of benzene rings is 3. The van der Waals surface area contributed by atoms with Crippen molar-refractivity contribution in [3.05, 3.63) is 94.0 Å². The standard InChI is InChI=1S/C21H16N2O3/c24-21(19-9-5-4-8-18(19)15-6-2-1-3-7-15)22-13-12-16-10-11-17(23(25)26)14-20(16)22/h1-11,14H,12-13H2. The highest BCUT2D eigenvalue weighted by atomic mass is 16.6. The zero-order chi connectivity index (χ0) is 18.1. The quantitative estimate of drug-likeness (QED) is 0.520. The van der Waals surface area contributed by atoms with Gasteiger partial charge in [-0.15, -0.1) is 0 Å². The maximum Gasteiger partial charge on any atom is 0.271 e. The van der Waals surface area contributed by atoms with Crippen molar-refractivity contribution in [1.82, 2.24) is 0 Å². The molecular weight excluding hydrogens is 328 g/mol. The number of anilines is 1. The molecule has 1 amide bonds. The summed E-state index contributed by atoms with van der Waals surface area (Å²) in [5.41, 5.74) is 4.01. The van der Waals surface area contributed by atoms with Crippen molar-refractivity contribution in [2.75, 3.05) is 11.4 Å². The topological polar surface area (TPSA) is 63.5 Å². The molecule has 3 aromatic rings. The second-order valence-corrected chi connectivity index (χ2v) is 6.19. The van der Waals surface area contributed by atoms with Crippen molar-refractivity contribution >= 4 is 17.3 Å². The van der Waals surface area contributed by atoms with Crippen LogP contribution in [0.3, 0.4) is 0 Å². The van der Waals surface area contributed by atoms with Gasteiger partial charge in [0.2, 0.25) is 0 Å². The summed E-state index contributed by atoms with van der Waals surface area (Å²) in [6.45, 7) is 0.526. The Bertz CT molecular complexity index is 999. The molecule has 0 bridgehead atoms. The number of amides is 1. The van der Waals surface area contributed by atoms with Crippen molar-refractivity contribution in [3.8, 4) is 11.1 Å². The summed E-state index contributed by atoms with van der Waals surface area (Å²) in [5.74, 6) is -0.135. The van der Waals surface area contributed by atoms with Crippen molar-refractivity contribution in [2.24, 2.45) is 0 Å². The van der Waals surface area contributed by atoms with Gasteiger partial charge in [-0.25, -0.2) is 0 Å². The molecule has 128 valence electrons. The molecule has 0 saturated carbocycles. The molecule has 26 heavy (non-hydrogen) atoms. The molecule has 1 aliphatic rings. The van der Waals surface area contributed by atoms with E-state index < -0.39 is 4.92 Å². The molecule has 0 radical (unpaired) electrons. The van der Waals surface area contributed by atoms with Crippen LogP contribution in [0.25, 0.3) is 11.1 Å². The second-order valence-electron chi connectivity index (χ2n) is 6.19. The third-order valence-electron chi connectivity index (χ3n) is 4.66. The third-order valence-corrected chi connectivity index (χ3v) is 4.66. The van der Waals surface area contributed by atoms with Crippen LogP contribution >= 0.6 is 0 Å². The molecule has 5 nitrogen and oxygen atoms in total.